The number of benzene rings is 1. The van der Waals surface area contributed by atoms with Crippen molar-refractivity contribution in [1.29, 1.82) is 0 Å². The second kappa shape index (κ2) is 8.50. The Morgan fingerprint density at radius 2 is 1.83 bits per heavy atom. The average Bonchev–Trinajstić information content (AvgIpc) is 3.07. The highest BCUT2D eigenvalue weighted by molar-refractivity contribution is 7.18. The van der Waals surface area contributed by atoms with Crippen LogP contribution in [0.4, 0.5) is 17.5 Å². The lowest BCUT2D eigenvalue weighted by atomic mass is 10.2. The van der Waals surface area contributed by atoms with Gasteiger partial charge in [0.2, 0.25) is 5.95 Å². The van der Waals surface area contributed by atoms with Crippen molar-refractivity contribution in [3.8, 4) is 11.3 Å². The average molecular weight is 406 g/mol. The normalized spacial score (nSPS) is 11.2. The number of aryl methyl sites for hydroxylation is 1. The highest BCUT2D eigenvalue weighted by Crippen LogP contribution is 2.27. The molecule has 7 nitrogen and oxygen atoms in total. The van der Waals surface area contributed by atoms with Gasteiger partial charge in [0.05, 0.1) is 20.9 Å². The molecule has 0 aliphatic carbocycles. The predicted octanol–water partition coefficient (Wildman–Crippen LogP) is 4.17. The van der Waals surface area contributed by atoms with Gasteiger partial charge in [-0.3, -0.25) is 4.98 Å². The van der Waals surface area contributed by atoms with E-state index in [0.29, 0.717) is 5.95 Å². The molecule has 8 heteroatoms. The Morgan fingerprint density at radius 1 is 1.00 bits per heavy atom. The van der Waals surface area contributed by atoms with E-state index in [1.54, 1.807) is 23.7 Å². The minimum atomic E-state index is 0.592. The molecule has 0 saturated carbocycles. The molecule has 0 aliphatic rings. The number of pyridine rings is 1. The Hall–Kier alpha value is -3.10. The molecular weight excluding hydrogens is 382 g/mol. The van der Waals surface area contributed by atoms with Gasteiger partial charge in [-0.2, -0.15) is 4.98 Å². The van der Waals surface area contributed by atoms with E-state index in [-0.39, 0.29) is 0 Å². The van der Waals surface area contributed by atoms with E-state index in [0.717, 1.165) is 46.4 Å². The number of likely N-dealkylation sites (N-methyl/N-ethyl adjacent to an activating group) is 1. The zero-order valence-corrected chi connectivity index (χ0v) is 17.5. The number of nitrogens with zero attached hydrogens (tertiary/aromatic N) is 5. The Morgan fingerprint density at radius 3 is 2.62 bits per heavy atom. The van der Waals surface area contributed by atoms with Crippen molar-refractivity contribution >= 4 is 39.0 Å². The third kappa shape index (κ3) is 4.85. The fourth-order valence-corrected chi connectivity index (χ4v) is 3.73. The summed E-state index contributed by atoms with van der Waals surface area (Å²) in [4.78, 5) is 20.1. The molecule has 0 unspecified atom stereocenters. The van der Waals surface area contributed by atoms with E-state index in [9.17, 15) is 0 Å². The van der Waals surface area contributed by atoms with Gasteiger partial charge in [0.25, 0.3) is 0 Å². The molecule has 2 N–H and O–H groups in total. The summed E-state index contributed by atoms with van der Waals surface area (Å²) >= 11 is 1.70. The van der Waals surface area contributed by atoms with Crippen molar-refractivity contribution in [3.05, 3.63) is 53.8 Å². The first-order valence-corrected chi connectivity index (χ1v) is 10.2. The van der Waals surface area contributed by atoms with E-state index in [2.05, 4.69) is 41.5 Å². The first-order valence-electron chi connectivity index (χ1n) is 9.39. The zero-order chi connectivity index (χ0) is 20.2. The molecule has 29 heavy (non-hydrogen) atoms. The monoisotopic (exact) mass is 405 g/mol. The maximum absolute atomic E-state index is 4.68. The maximum Gasteiger partial charge on any atom is 0.225 e. The molecular formula is C21H23N7S. The number of hydrogen-bond acceptors (Lipinski definition) is 8. The van der Waals surface area contributed by atoms with Crippen LogP contribution in [0.25, 0.3) is 21.5 Å². The van der Waals surface area contributed by atoms with Crippen molar-refractivity contribution < 1.29 is 0 Å². The quantitative estimate of drug-likeness (QED) is 0.478. The Balaban J connectivity index is 1.64. The fraction of sp³-hybridized carbons (Fsp3) is 0.238. The Labute approximate surface area is 173 Å². The van der Waals surface area contributed by atoms with E-state index in [1.165, 1.54) is 4.70 Å². The summed E-state index contributed by atoms with van der Waals surface area (Å²) in [6.07, 6.45) is 3.53. The molecule has 0 spiro atoms. The predicted molar refractivity (Wildman–Crippen MR) is 120 cm³/mol. The Kier molecular flexibility index (Phi) is 5.64. The van der Waals surface area contributed by atoms with Crippen LogP contribution in [0.1, 0.15) is 5.01 Å². The lowest BCUT2D eigenvalue weighted by Crippen LogP contribution is -2.21. The van der Waals surface area contributed by atoms with Crippen LogP contribution >= 0.6 is 11.3 Å². The third-order valence-electron chi connectivity index (χ3n) is 4.31. The van der Waals surface area contributed by atoms with Gasteiger partial charge in [-0.05, 0) is 51.4 Å². The number of hydrogen-bond donors (Lipinski definition) is 2. The summed E-state index contributed by atoms with van der Waals surface area (Å²) in [5, 5.41) is 7.78. The SMILES string of the molecule is Cc1nc2cc(Nc3cc(-c4ccncc4)nc(NCCN(C)C)n3)ccc2s1. The summed E-state index contributed by atoms with van der Waals surface area (Å²) in [7, 11) is 4.08. The summed E-state index contributed by atoms with van der Waals surface area (Å²) < 4.78 is 1.18. The van der Waals surface area contributed by atoms with E-state index in [4.69, 9.17) is 0 Å². The summed E-state index contributed by atoms with van der Waals surface area (Å²) in [5.41, 5.74) is 3.76. The van der Waals surface area contributed by atoms with Crippen molar-refractivity contribution in [2.45, 2.75) is 6.92 Å². The second-order valence-electron chi connectivity index (χ2n) is 6.97. The topological polar surface area (TPSA) is 78.9 Å². The second-order valence-corrected chi connectivity index (χ2v) is 8.20. The molecule has 0 amide bonds. The highest BCUT2D eigenvalue weighted by Gasteiger charge is 2.09. The maximum atomic E-state index is 4.68. The lowest BCUT2D eigenvalue weighted by Gasteiger charge is -2.13. The van der Waals surface area contributed by atoms with Crippen LogP contribution in [0.15, 0.2) is 48.8 Å². The van der Waals surface area contributed by atoms with E-state index in [1.807, 2.05) is 51.4 Å². The van der Waals surface area contributed by atoms with Gasteiger partial charge in [-0.25, -0.2) is 9.97 Å². The molecule has 1 aromatic carbocycles. The first-order chi connectivity index (χ1) is 14.1. The van der Waals surface area contributed by atoms with Crippen LogP contribution in [0.2, 0.25) is 0 Å². The lowest BCUT2D eigenvalue weighted by molar-refractivity contribution is 0.425. The summed E-state index contributed by atoms with van der Waals surface area (Å²) in [6.45, 7) is 3.68. The molecule has 3 heterocycles. The van der Waals surface area contributed by atoms with Gasteiger partial charge in [0.15, 0.2) is 0 Å². The fourth-order valence-electron chi connectivity index (χ4n) is 2.92. The van der Waals surface area contributed by atoms with Gasteiger partial charge in [-0.1, -0.05) is 0 Å². The minimum Gasteiger partial charge on any atom is -0.353 e. The van der Waals surface area contributed by atoms with Crippen molar-refractivity contribution in [2.75, 3.05) is 37.8 Å². The van der Waals surface area contributed by atoms with Gasteiger partial charge < -0.3 is 15.5 Å². The van der Waals surface area contributed by atoms with Gasteiger partial charge in [0, 0.05) is 42.8 Å². The van der Waals surface area contributed by atoms with Crippen molar-refractivity contribution in [3.63, 3.8) is 0 Å². The molecule has 148 valence electrons. The van der Waals surface area contributed by atoms with Crippen molar-refractivity contribution in [1.82, 2.24) is 24.8 Å². The number of thiazole rings is 1. The number of anilines is 3. The molecule has 3 aromatic heterocycles. The van der Waals surface area contributed by atoms with Gasteiger partial charge in [0.1, 0.15) is 5.82 Å². The number of fused-ring (bicyclic) bond motifs is 1. The molecule has 0 radical (unpaired) electrons. The first kappa shape index (κ1) is 19.2. The van der Waals surface area contributed by atoms with Crippen LogP contribution in [-0.2, 0) is 0 Å². The summed E-state index contributed by atoms with van der Waals surface area (Å²) in [6, 6.07) is 12.0. The largest absolute Gasteiger partial charge is 0.353 e. The standard InChI is InChI=1S/C21H23N7S/c1-14-24-18-12-16(4-5-19(18)29-14)25-20-13-17(15-6-8-22-9-7-15)26-21(27-20)23-10-11-28(2)3/h4-9,12-13H,10-11H2,1-3H3,(H2,23,25,26,27). The van der Waals surface area contributed by atoms with Gasteiger partial charge in [-0.15, -0.1) is 11.3 Å². The number of rotatable bonds is 7. The number of aromatic nitrogens is 4. The molecule has 0 bridgehead atoms. The molecule has 0 atom stereocenters. The molecule has 0 saturated heterocycles. The minimum absolute atomic E-state index is 0.592. The van der Waals surface area contributed by atoms with Crippen LogP contribution in [0.3, 0.4) is 0 Å². The van der Waals surface area contributed by atoms with Crippen LogP contribution in [0.5, 0.6) is 0 Å². The molecule has 4 rings (SSSR count). The van der Waals surface area contributed by atoms with Crippen molar-refractivity contribution in [2.24, 2.45) is 0 Å². The highest BCUT2D eigenvalue weighted by atomic mass is 32.1. The Bertz CT molecular complexity index is 1110. The van der Waals surface area contributed by atoms with Crippen LogP contribution in [-0.4, -0.2) is 52.0 Å². The third-order valence-corrected chi connectivity index (χ3v) is 5.26. The van der Waals surface area contributed by atoms with Gasteiger partial charge >= 0.3 is 0 Å². The molecule has 0 aliphatic heterocycles. The van der Waals surface area contributed by atoms with E-state index < -0.39 is 0 Å². The molecule has 4 aromatic rings. The molecule has 0 fully saturated rings. The van der Waals surface area contributed by atoms with Crippen LogP contribution in [0, 0.1) is 6.92 Å². The van der Waals surface area contributed by atoms with E-state index >= 15 is 0 Å². The summed E-state index contributed by atoms with van der Waals surface area (Å²) in [5.74, 6) is 1.32. The number of nitrogens with one attached hydrogen (secondary N) is 2. The zero-order valence-electron chi connectivity index (χ0n) is 16.7. The van der Waals surface area contributed by atoms with Crippen LogP contribution < -0.4 is 10.6 Å². The smallest absolute Gasteiger partial charge is 0.225 e.